The monoisotopic (exact) mass is 344 g/mol. The van der Waals surface area contributed by atoms with Gasteiger partial charge in [0.25, 0.3) is 5.91 Å². The quantitative estimate of drug-likeness (QED) is 0.536. The molecule has 0 aliphatic carbocycles. The number of carbonyl (C=O) groups excluding carboxylic acids is 1. The van der Waals surface area contributed by atoms with E-state index in [4.69, 9.17) is 0 Å². The van der Waals surface area contributed by atoms with Crippen LogP contribution in [-0.4, -0.2) is 22.3 Å². The van der Waals surface area contributed by atoms with Crippen LogP contribution >= 0.6 is 0 Å². The summed E-state index contributed by atoms with van der Waals surface area (Å²) in [4.78, 5) is 18.2. The standard InChI is InChI=1S/C22H17FN2O/c23-17-7-8-20-18(12-17)19-13-25(10-9-21(19)24-20)22(26)16-6-5-14-3-1-2-4-15(14)11-16/h1-8,11-12,24H,9-10,13H2. The summed E-state index contributed by atoms with van der Waals surface area (Å²) in [6.45, 7) is 1.17. The number of aromatic nitrogens is 1. The van der Waals surface area contributed by atoms with Crippen LogP contribution in [0.3, 0.4) is 0 Å². The summed E-state index contributed by atoms with van der Waals surface area (Å²) in [6, 6.07) is 18.6. The molecule has 1 amide bonds. The van der Waals surface area contributed by atoms with Gasteiger partial charge in [0.1, 0.15) is 5.82 Å². The molecule has 0 spiro atoms. The molecule has 3 aromatic carbocycles. The molecule has 0 fully saturated rings. The topological polar surface area (TPSA) is 36.1 Å². The number of carbonyl (C=O) groups is 1. The van der Waals surface area contributed by atoms with E-state index in [9.17, 15) is 9.18 Å². The van der Waals surface area contributed by atoms with Crippen LogP contribution in [0.2, 0.25) is 0 Å². The van der Waals surface area contributed by atoms with Gasteiger partial charge >= 0.3 is 0 Å². The first-order valence-corrected chi connectivity index (χ1v) is 8.76. The van der Waals surface area contributed by atoms with Gasteiger partial charge in [0.15, 0.2) is 0 Å². The van der Waals surface area contributed by atoms with Gasteiger partial charge in [0, 0.05) is 47.2 Å². The van der Waals surface area contributed by atoms with E-state index in [1.807, 2.05) is 47.4 Å². The van der Waals surface area contributed by atoms with Crippen LogP contribution in [0.4, 0.5) is 4.39 Å². The Bertz CT molecular complexity index is 1160. The molecule has 1 aromatic heterocycles. The second-order valence-electron chi connectivity index (χ2n) is 6.81. The SMILES string of the molecule is O=C(c1ccc2ccccc2c1)N1CCc2[nH]c3ccc(F)cc3c2C1. The number of H-pyrrole nitrogens is 1. The lowest BCUT2D eigenvalue weighted by atomic mass is 10.0. The Morgan fingerprint density at radius 1 is 1.00 bits per heavy atom. The summed E-state index contributed by atoms with van der Waals surface area (Å²) < 4.78 is 13.7. The van der Waals surface area contributed by atoms with E-state index in [1.165, 1.54) is 6.07 Å². The van der Waals surface area contributed by atoms with Crippen molar-refractivity contribution in [3.63, 3.8) is 0 Å². The maximum absolute atomic E-state index is 13.7. The molecule has 0 saturated heterocycles. The van der Waals surface area contributed by atoms with Crippen molar-refractivity contribution >= 4 is 27.6 Å². The number of amides is 1. The summed E-state index contributed by atoms with van der Waals surface area (Å²) in [5.74, 6) is -0.232. The largest absolute Gasteiger partial charge is 0.358 e. The Labute approximate surface area is 150 Å². The van der Waals surface area contributed by atoms with Crippen LogP contribution in [0.25, 0.3) is 21.7 Å². The van der Waals surface area contributed by atoms with Crippen molar-refractivity contribution in [3.05, 3.63) is 83.3 Å². The van der Waals surface area contributed by atoms with Crippen molar-refractivity contribution in [1.82, 2.24) is 9.88 Å². The van der Waals surface area contributed by atoms with E-state index in [1.54, 1.807) is 12.1 Å². The number of nitrogens with one attached hydrogen (secondary N) is 1. The van der Waals surface area contributed by atoms with Crippen LogP contribution < -0.4 is 0 Å². The average Bonchev–Trinajstić information content (AvgIpc) is 3.04. The highest BCUT2D eigenvalue weighted by atomic mass is 19.1. The maximum Gasteiger partial charge on any atom is 0.254 e. The Morgan fingerprint density at radius 3 is 2.73 bits per heavy atom. The van der Waals surface area contributed by atoms with Crippen molar-refractivity contribution in [3.8, 4) is 0 Å². The Morgan fingerprint density at radius 2 is 1.85 bits per heavy atom. The Kier molecular flexibility index (Phi) is 3.32. The van der Waals surface area contributed by atoms with Gasteiger partial charge in [0.2, 0.25) is 0 Å². The number of hydrogen-bond acceptors (Lipinski definition) is 1. The molecular weight excluding hydrogens is 327 g/mol. The highest BCUT2D eigenvalue weighted by Crippen LogP contribution is 2.29. The molecular formula is C22H17FN2O. The van der Waals surface area contributed by atoms with E-state index >= 15 is 0 Å². The summed E-state index contributed by atoms with van der Waals surface area (Å²) >= 11 is 0. The highest BCUT2D eigenvalue weighted by molar-refractivity contribution is 5.99. The summed E-state index contributed by atoms with van der Waals surface area (Å²) in [7, 11) is 0. The smallest absolute Gasteiger partial charge is 0.254 e. The molecule has 1 N–H and O–H groups in total. The van der Waals surface area contributed by atoms with Gasteiger partial charge in [0.05, 0.1) is 0 Å². The number of benzene rings is 3. The van der Waals surface area contributed by atoms with Crippen LogP contribution in [0.5, 0.6) is 0 Å². The van der Waals surface area contributed by atoms with Gasteiger partial charge in [-0.3, -0.25) is 4.79 Å². The molecule has 0 saturated carbocycles. The van der Waals surface area contributed by atoms with Gasteiger partial charge in [-0.15, -0.1) is 0 Å². The average molecular weight is 344 g/mol. The predicted octanol–water partition coefficient (Wildman–Crippen LogP) is 4.66. The number of aromatic amines is 1. The van der Waals surface area contributed by atoms with Crippen LogP contribution in [0.15, 0.2) is 60.7 Å². The van der Waals surface area contributed by atoms with E-state index < -0.39 is 0 Å². The van der Waals surface area contributed by atoms with Crippen molar-refractivity contribution in [2.75, 3.05) is 6.54 Å². The Hall–Kier alpha value is -3.14. The zero-order valence-electron chi connectivity index (χ0n) is 14.1. The third kappa shape index (κ3) is 2.37. The van der Waals surface area contributed by atoms with E-state index in [0.717, 1.165) is 39.4 Å². The van der Waals surface area contributed by atoms with E-state index in [-0.39, 0.29) is 11.7 Å². The molecule has 0 atom stereocenters. The fourth-order valence-electron chi connectivity index (χ4n) is 3.86. The highest BCUT2D eigenvalue weighted by Gasteiger charge is 2.25. The first kappa shape index (κ1) is 15.1. The van der Waals surface area contributed by atoms with Gasteiger partial charge in [-0.25, -0.2) is 4.39 Å². The van der Waals surface area contributed by atoms with Crippen LogP contribution in [0.1, 0.15) is 21.6 Å². The van der Waals surface area contributed by atoms with E-state index in [2.05, 4.69) is 4.98 Å². The van der Waals surface area contributed by atoms with Crippen molar-refractivity contribution in [2.24, 2.45) is 0 Å². The first-order chi connectivity index (χ1) is 12.7. The molecule has 1 aliphatic heterocycles. The molecule has 1 aliphatic rings. The fourth-order valence-corrected chi connectivity index (χ4v) is 3.86. The van der Waals surface area contributed by atoms with Gasteiger partial charge in [-0.1, -0.05) is 30.3 Å². The van der Waals surface area contributed by atoms with Crippen LogP contribution in [0, 0.1) is 5.82 Å². The molecule has 4 aromatic rings. The lowest BCUT2D eigenvalue weighted by Crippen LogP contribution is -2.35. The lowest BCUT2D eigenvalue weighted by molar-refractivity contribution is 0.0735. The maximum atomic E-state index is 13.7. The molecule has 0 bridgehead atoms. The number of nitrogens with zero attached hydrogens (tertiary/aromatic N) is 1. The minimum Gasteiger partial charge on any atom is -0.358 e. The molecule has 3 nitrogen and oxygen atoms in total. The normalized spacial score (nSPS) is 14.0. The minimum absolute atomic E-state index is 0.0205. The lowest BCUT2D eigenvalue weighted by Gasteiger charge is -2.27. The van der Waals surface area contributed by atoms with Gasteiger partial charge in [-0.2, -0.15) is 0 Å². The number of halogens is 1. The summed E-state index contributed by atoms with van der Waals surface area (Å²) in [5, 5.41) is 3.05. The van der Waals surface area contributed by atoms with Crippen LogP contribution in [-0.2, 0) is 13.0 Å². The van der Waals surface area contributed by atoms with Crippen molar-refractivity contribution < 1.29 is 9.18 Å². The number of rotatable bonds is 1. The molecule has 5 rings (SSSR count). The molecule has 2 heterocycles. The third-order valence-corrected chi connectivity index (χ3v) is 5.22. The predicted molar refractivity (Wildman–Crippen MR) is 101 cm³/mol. The molecule has 0 radical (unpaired) electrons. The van der Waals surface area contributed by atoms with E-state index in [0.29, 0.717) is 18.7 Å². The molecule has 4 heteroatoms. The van der Waals surface area contributed by atoms with Crippen molar-refractivity contribution in [2.45, 2.75) is 13.0 Å². The fraction of sp³-hybridized carbons (Fsp3) is 0.136. The summed E-state index contributed by atoms with van der Waals surface area (Å²) in [6.07, 6.45) is 0.755. The Balaban J connectivity index is 1.50. The van der Waals surface area contributed by atoms with Crippen molar-refractivity contribution in [1.29, 1.82) is 0 Å². The van der Waals surface area contributed by atoms with Gasteiger partial charge < -0.3 is 9.88 Å². The molecule has 26 heavy (non-hydrogen) atoms. The minimum atomic E-state index is -0.253. The second-order valence-corrected chi connectivity index (χ2v) is 6.81. The molecule has 128 valence electrons. The first-order valence-electron chi connectivity index (χ1n) is 8.76. The van der Waals surface area contributed by atoms with Gasteiger partial charge in [-0.05, 0) is 41.1 Å². The zero-order chi connectivity index (χ0) is 17.7. The molecule has 0 unspecified atom stereocenters. The zero-order valence-corrected chi connectivity index (χ0v) is 14.1. The second kappa shape index (κ2) is 5.70. The number of fused-ring (bicyclic) bond motifs is 4. The third-order valence-electron chi connectivity index (χ3n) is 5.22. The summed E-state index contributed by atoms with van der Waals surface area (Å²) in [5.41, 5.74) is 3.75. The number of hydrogen-bond donors (Lipinski definition) is 1.